The van der Waals surface area contributed by atoms with Crippen molar-refractivity contribution in [3.8, 4) is 0 Å². The first kappa shape index (κ1) is 33.8. The lowest BCUT2D eigenvalue weighted by molar-refractivity contribution is -0.129. The van der Waals surface area contributed by atoms with Crippen LogP contribution in [-0.2, 0) is 25.8 Å². The highest BCUT2D eigenvalue weighted by Crippen LogP contribution is 2.38. The number of aliphatic hydroxyl groups excluding tert-OH is 1. The molecule has 4 N–H and O–H groups in total. The standard InChI is InChI=1S/C33H47FN4O5S/c1-33(2,3)44(42,43)20-25(16-22-10-6-4-7-11-22)31(40)38-28(18-26-19-35-21-36-26)32(41)37-27(17-23-12-8-5-9-13-23)30(39)29(34)24-14-15-24/h4,6-7,10-11,16,19,21,23-24,27-30,39H,5,8-9,12-15,17-18,20H2,1-3H3,(H,35,36)(H,37,41)(H,38,40)/t27-,28-,29-,30+/m0/s1. The fourth-order valence-electron chi connectivity index (χ4n) is 5.69. The molecule has 0 spiro atoms. The first-order chi connectivity index (χ1) is 20.8. The molecule has 2 aliphatic carbocycles. The number of hydrogen-bond acceptors (Lipinski definition) is 6. The van der Waals surface area contributed by atoms with Crippen LogP contribution in [0.5, 0.6) is 0 Å². The summed E-state index contributed by atoms with van der Waals surface area (Å²) in [6.07, 6.45) is 8.84. The quantitative estimate of drug-likeness (QED) is 0.230. The topological polar surface area (TPSA) is 141 Å². The zero-order chi connectivity index (χ0) is 31.9. The van der Waals surface area contributed by atoms with Crippen LogP contribution in [-0.4, -0.2) is 70.2 Å². The number of aliphatic hydroxyl groups is 1. The molecule has 0 saturated heterocycles. The zero-order valence-electron chi connectivity index (χ0n) is 26.0. The number of sulfone groups is 1. The first-order valence-electron chi connectivity index (χ1n) is 15.7. The number of rotatable bonds is 14. The van der Waals surface area contributed by atoms with E-state index in [-0.39, 0.29) is 23.8 Å². The molecule has 2 saturated carbocycles. The molecule has 4 rings (SSSR count). The number of H-pyrrole nitrogens is 1. The summed E-state index contributed by atoms with van der Waals surface area (Å²) in [6.45, 7) is 4.73. The normalized spacial score (nSPS) is 19.5. The number of carbonyl (C=O) groups is 2. The van der Waals surface area contributed by atoms with E-state index in [1.165, 1.54) is 18.6 Å². The van der Waals surface area contributed by atoms with Crippen molar-refractivity contribution in [3.05, 3.63) is 59.7 Å². The average molecular weight is 631 g/mol. The second-order valence-corrected chi connectivity index (χ2v) is 16.1. The SMILES string of the molecule is CC(C)(C)S(=O)(=O)CC(=Cc1ccccc1)C(=O)N[C@@H](Cc1cnc[nH]1)C(=O)N[C@@H](CC1CCCCC1)[C@@H](O)[C@@H](F)C1CC1. The molecule has 0 radical (unpaired) electrons. The molecule has 1 aromatic carbocycles. The van der Waals surface area contributed by atoms with Crippen molar-refractivity contribution in [3.63, 3.8) is 0 Å². The first-order valence-corrected chi connectivity index (χ1v) is 17.4. The second kappa shape index (κ2) is 14.8. The Morgan fingerprint density at radius 3 is 2.36 bits per heavy atom. The van der Waals surface area contributed by atoms with Gasteiger partial charge in [0.05, 0.1) is 22.9 Å². The average Bonchev–Trinajstić information content (AvgIpc) is 3.71. The monoisotopic (exact) mass is 630 g/mol. The predicted octanol–water partition coefficient (Wildman–Crippen LogP) is 4.30. The van der Waals surface area contributed by atoms with Crippen molar-refractivity contribution in [1.29, 1.82) is 0 Å². The van der Waals surface area contributed by atoms with Gasteiger partial charge in [0.25, 0.3) is 0 Å². The minimum Gasteiger partial charge on any atom is -0.388 e. The number of hydrogen-bond donors (Lipinski definition) is 4. The fraction of sp³-hybridized carbons (Fsp3) is 0.606. The van der Waals surface area contributed by atoms with E-state index in [1.807, 2.05) is 6.07 Å². The lowest BCUT2D eigenvalue weighted by Crippen LogP contribution is -2.56. The molecule has 2 amide bonds. The Morgan fingerprint density at radius 1 is 1.09 bits per heavy atom. The molecule has 2 aromatic rings. The molecular weight excluding hydrogens is 583 g/mol. The molecule has 11 heteroatoms. The second-order valence-electron chi connectivity index (χ2n) is 13.4. The summed E-state index contributed by atoms with van der Waals surface area (Å²) in [5.41, 5.74) is 1.21. The van der Waals surface area contributed by atoms with Crippen LogP contribution >= 0.6 is 0 Å². The van der Waals surface area contributed by atoms with Crippen molar-refractivity contribution in [2.45, 2.75) is 108 Å². The van der Waals surface area contributed by atoms with E-state index < -0.39 is 56.5 Å². The van der Waals surface area contributed by atoms with Crippen LogP contribution in [0.3, 0.4) is 0 Å². The third-order valence-electron chi connectivity index (χ3n) is 8.76. The molecule has 0 bridgehead atoms. The summed E-state index contributed by atoms with van der Waals surface area (Å²) in [5.74, 6) is -1.74. The molecule has 1 heterocycles. The van der Waals surface area contributed by atoms with Crippen molar-refractivity contribution in [2.24, 2.45) is 11.8 Å². The number of nitrogens with zero attached hydrogens (tertiary/aromatic N) is 1. The smallest absolute Gasteiger partial charge is 0.248 e. The number of benzene rings is 1. The maximum atomic E-state index is 15.2. The Hall–Kier alpha value is -3.05. The van der Waals surface area contributed by atoms with Gasteiger partial charge in [-0.1, -0.05) is 62.4 Å². The molecule has 2 fully saturated rings. The predicted molar refractivity (Wildman–Crippen MR) is 169 cm³/mol. The highest BCUT2D eigenvalue weighted by atomic mass is 32.2. The Labute approximate surface area is 260 Å². The van der Waals surface area contributed by atoms with E-state index >= 15 is 4.39 Å². The minimum absolute atomic E-state index is 0.00937. The van der Waals surface area contributed by atoms with Gasteiger partial charge in [0.1, 0.15) is 18.3 Å². The Balaban J connectivity index is 1.59. The highest BCUT2D eigenvalue weighted by molar-refractivity contribution is 7.92. The lowest BCUT2D eigenvalue weighted by Gasteiger charge is -2.32. The van der Waals surface area contributed by atoms with Crippen LogP contribution in [0.4, 0.5) is 4.39 Å². The largest absolute Gasteiger partial charge is 0.388 e. The van der Waals surface area contributed by atoms with Gasteiger partial charge >= 0.3 is 0 Å². The van der Waals surface area contributed by atoms with Crippen LogP contribution in [0, 0.1) is 11.8 Å². The summed E-state index contributed by atoms with van der Waals surface area (Å²) < 4.78 is 40.4. The van der Waals surface area contributed by atoms with Crippen molar-refractivity contribution in [1.82, 2.24) is 20.6 Å². The van der Waals surface area contributed by atoms with Gasteiger partial charge in [0.2, 0.25) is 11.8 Å². The Morgan fingerprint density at radius 2 is 1.77 bits per heavy atom. The summed E-state index contributed by atoms with van der Waals surface area (Å²) in [4.78, 5) is 34.6. The summed E-state index contributed by atoms with van der Waals surface area (Å²) in [5, 5.41) is 16.7. The third kappa shape index (κ3) is 9.47. The van der Waals surface area contributed by atoms with Crippen LogP contribution in [0.1, 0.15) is 83.4 Å². The molecule has 4 atom stereocenters. The van der Waals surface area contributed by atoms with E-state index in [0.717, 1.165) is 44.9 Å². The lowest BCUT2D eigenvalue weighted by atomic mass is 9.82. The number of aromatic amines is 1. The van der Waals surface area contributed by atoms with E-state index in [4.69, 9.17) is 0 Å². The van der Waals surface area contributed by atoms with Gasteiger partial charge in [-0.2, -0.15) is 0 Å². The number of carbonyl (C=O) groups excluding carboxylic acids is 2. The minimum atomic E-state index is -3.75. The molecular formula is C33H47FN4O5S. The van der Waals surface area contributed by atoms with Gasteiger partial charge in [-0.25, -0.2) is 17.8 Å². The molecule has 1 aromatic heterocycles. The molecule has 0 aliphatic heterocycles. The van der Waals surface area contributed by atoms with Crippen molar-refractivity contribution in [2.75, 3.05) is 5.75 Å². The van der Waals surface area contributed by atoms with E-state index in [2.05, 4.69) is 20.6 Å². The highest BCUT2D eigenvalue weighted by Gasteiger charge is 2.41. The maximum absolute atomic E-state index is 15.2. The summed E-state index contributed by atoms with van der Waals surface area (Å²) >= 11 is 0. The van der Waals surface area contributed by atoms with Gasteiger partial charge in [0.15, 0.2) is 9.84 Å². The summed E-state index contributed by atoms with van der Waals surface area (Å²) in [6, 6.07) is 6.95. The van der Waals surface area contributed by atoms with E-state index in [9.17, 15) is 23.1 Å². The van der Waals surface area contributed by atoms with E-state index in [0.29, 0.717) is 17.7 Å². The third-order valence-corrected chi connectivity index (χ3v) is 11.3. The molecule has 0 unspecified atom stereocenters. The molecule has 9 nitrogen and oxygen atoms in total. The summed E-state index contributed by atoms with van der Waals surface area (Å²) in [7, 11) is -3.75. The molecule has 44 heavy (non-hydrogen) atoms. The van der Waals surface area contributed by atoms with Gasteiger partial charge < -0.3 is 20.7 Å². The fourth-order valence-corrected chi connectivity index (χ4v) is 6.74. The number of imidazole rings is 1. The van der Waals surface area contributed by atoms with Crippen LogP contribution in [0.25, 0.3) is 6.08 Å². The number of halogens is 1. The van der Waals surface area contributed by atoms with Gasteiger partial charge in [-0.05, 0) is 63.5 Å². The van der Waals surface area contributed by atoms with Gasteiger partial charge in [-0.15, -0.1) is 0 Å². The van der Waals surface area contributed by atoms with Crippen LogP contribution in [0.2, 0.25) is 0 Å². The molecule has 242 valence electrons. The number of aromatic nitrogens is 2. The van der Waals surface area contributed by atoms with Crippen molar-refractivity contribution >= 4 is 27.7 Å². The number of nitrogens with one attached hydrogen (secondary N) is 3. The van der Waals surface area contributed by atoms with E-state index in [1.54, 1.807) is 45.0 Å². The van der Waals surface area contributed by atoms with Crippen LogP contribution < -0.4 is 10.6 Å². The van der Waals surface area contributed by atoms with Crippen LogP contribution in [0.15, 0.2) is 48.4 Å². The molecule has 2 aliphatic rings. The number of amides is 2. The Kier molecular flexibility index (Phi) is 11.4. The zero-order valence-corrected chi connectivity index (χ0v) is 26.8. The Bertz CT molecular complexity index is 1360. The maximum Gasteiger partial charge on any atom is 0.248 e. The van der Waals surface area contributed by atoms with Crippen molar-refractivity contribution < 1.29 is 27.5 Å². The number of alkyl halides is 1. The van der Waals surface area contributed by atoms with Gasteiger partial charge in [-0.3, -0.25) is 9.59 Å². The van der Waals surface area contributed by atoms with Gasteiger partial charge in [0, 0.05) is 23.9 Å².